The first-order valence-corrected chi connectivity index (χ1v) is 11.8. The Morgan fingerprint density at radius 3 is 2.19 bits per heavy atom. The van der Waals surface area contributed by atoms with Crippen LogP contribution in [0.25, 0.3) is 11.3 Å². The topological polar surface area (TPSA) is 106 Å². The van der Waals surface area contributed by atoms with Crippen molar-refractivity contribution in [2.75, 3.05) is 9.96 Å². The summed E-state index contributed by atoms with van der Waals surface area (Å²) in [5, 5.41) is 13.4. The van der Waals surface area contributed by atoms with Crippen molar-refractivity contribution in [1.29, 1.82) is 0 Å². The summed E-state index contributed by atoms with van der Waals surface area (Å²) in [5.74, 6) is -1.23. The Hall–Kier alpha value is -4.47. The number of halogens is 1. The number of amides is 2. The minimum Gasteiger partial charge on any atom is -0.458 e. The number of fused-ring (bicyclic) bond motifs is 1. The smallest absolute Gasteiger partial charge is 0.281 e. The number of nitro benzene ring substituents is 1. The predicted octanol–water partition coefficient (Wildman–Crippen LogP) is 5.56. The number of hydrogen-bond donors (Lipinski definition) is 0. The molecule has 37 heavy (non-hydrogen) atoms. The number of imide groups is 1. The lowest BCUT2D eigenvalue weighted by molar-refractivity contribution is -0.384. The SMILES string of the molecule is O=C1[C@H]2[C@@H](c3ccc(-c4ccc(Cl)cc4[N+](=O)[O-])o3)N(c3ccccc3)O[C@H]2C(=O)N1c1ccccc1. The van der Waals surface area contributed by atoms with Crippen LogP contribution >= 0.6 is 11.6 Å². The summed E-state index contributed by atoms with van der Waals surface area (Å²) in [6.07, 6.45) is -1.06. The number of anilines is 2. The van der Waals surface area contributed by atoms with Crippen LogP contribution in [0.4, 0.5) is 17.1 Å². The Bertz CT molecular complexity index is 1520. The van der Waals surface area contributed by atoms with Crippen LogP contribution in [0.2, 0.25) is 5.02 Å². The molecule has 3 heterocycles. The molecular formula is C27H18ClN3O6. The second kappa shape index (κ2) is 8.88. The maximum atomic E-state index is 13.7. The summed E-state index contributed by atoms with van der Waals surface area (Å²) in [5.41, 5.74) is 1.11. The maximum Gasteiger partial charge on any atom is 0.281 e. The molecule has 2 saturated heterocycles. The number of hydroxylamine groups is 1. The molecule has 3 atom stereocenters. The van der Waals surface area contributed by atoms with Crippen molar-refractivity contribution >= 4 is 40.5 Å². The highest BCUT2D eigenvalue weighted by Gasteiger charge is 2.61. The largest absolute Gasteiger partial charge is 0.458 e. The Labute approximate surface area is 215 Å². The van der Waals surface area contributed by atoms with Gasteiger partial charge < -0.3 is 4.42 Å². The van der Waals surface area contributed by atoms with E-state index in [1.807, 2.05) is 18.2 Å². The van der Waals surface area contributed by atoms with E-state index >= 15 is 0 Å². The lowest BCUT2D eigenvalue weighted by Gasteiger charge is -2.27. The van der Waals surface area contributed by atoms with E-state index in [0.717, 1.165) is 4.90 Å². The minimum atomic E-state index is -1.06. The van der Waals surface area contributed by atoms with Gasteiger partial charge in [0.25, 0.3) is 11.6 Å². The lowest BCUT2D eigenvalue weighted by Crippen LogP contribution is -2.37. The molecular weight excluding hydrogens is 498 g/mol. The van der Waals surface area contributed by atoms with Crippen molar-refractivity contribution in [3.8, 4) is 11.3 Å². The molecule has 0 radical (unpaired) electrons. The van der Waals surface area contributed by atoms with E-state index in [9.17, 15) is 19.7 Å². The molecule has 6 rings (SSSR count). The van der Waals surface area contributed by atoms with E-state index in [4.69, 9.17) is 20.9 Å². The van der Waals surface area contributed by atoms with E-state index in [2.05, 4.69) is 0 Å². The number of nitro groups is 1. The molecule has 0 unspecified atom stereocenters. The quantitative estimate of drug-likeness (QED) is 0.194. The van der Waals surface area contributed by atoms with Crippen molar-refractivity contribution in [3.63, 3.8) is 0 Å². The fourth-order valence-corrected chi connectivity index (χ4v) is 5.02. The van der Waals surface area contributed by atoms with Crippen LogP contribution in [-0.2, 0) is 14.4 Å². The molecule has 0 bridgehead atoms. The molecule has 2 aliphatic heterocycles. The number of benzene rings is 3. The first-order chi connectivity index (χ1) is 17.9. The number of hydrogen-bond acceptors (Lipinski definition) is 7. The third kappa shape index (κ3) is 3.76. The molecule has 2 fully saturated rings. The average molecular weight is 516 g/mol. The number of carbonyl (C=O) groups excluding carboxylic acids is 2. The van der Waals surface area contributed by atoms with Crippen molar-refractivity contribution in [1.82, 2.24) is 0 Å². The van der Waals surface area contributed by atoms with E-state index < -0.39 is 34.8 Å². The highest BCUT2D eigenvalue weighted by atomic mass is 35.5. The normalized spacial score (nSPS) is 20.9. The van der Waals surface area contributed by atoms with Gasteiger partial charge >= 0.3 is 0 Å². The third-order valence-electron chi connectivity index (χ3n) is 6.48. The highest BCUT2D eigenvalue weighted by molar-refractivity contribution is 6.31. The molecule has 0 aliphatic carbocycles. The van der Waals surface area contributed by atoms with Gasteiger partial charge in [-0.1, -0.05) is 48.0 Å². The van der Waals surface area contributed by atoms with Gasteiger partial charge in [0.1, 0.15) is 23.5 Å². The molecule has 3 aromatic carbocycles. The number of nitrogens with zero attached hydrogens (tertiary/aromatic N) is 3. The number of furan rings is 1. The van der Waals surface area contributed by atoms with Crippen LogP contribution in [0.3, 0.4) is 0 Å². The molecule has 0 spiro atoms. The van der Waals surface area contributed by atoms with Gasteiger partial charge in [-0.05, 0) is 48.5 Å². The van der Waals surface area contributed by atoms with Gasteiger partial charge in [0.05, 0.1) is 21.9 Å². The molecule has 2 amide bonds. The summed E-state index contributed by atoms with van der Waals surface area (Å²) >= 11 is 5.97. The fourth-order valence-electron chi connectivity index (χ4n) is 4.85. The summed E-state index contributed by atoms with van der Waals surface area (Å²) in [6.45, 7) is 0. The Kier molecular flexibility index (Phi) is 5.51. The summed E-state index contributed by atoms with van der Waals surface area (Å²) in [6, 6.07) is 24.5. The molecule has 4 aromatic rings. The van der Waals surface area contributed by atoms with Gasteiger partial charge in [0.2, 0.25) is 5.91 Å². The average Bonchev–Trinajstić information content (AvgIpc) is 3.60. The fraction of sp³-hybridized carbons (Fsp3) is 0.111. The van der Waals surface area contributed by atoms with Gasteiger partial charge in [-0.15, -0.1) is 0 Å². The molecule has 2 aliphatic rings. The summed E-state index contributed by atoms with van der Waals surface area (Å²) in [4.78, 5) is 45.4. The van der Waals surface area contributed by atoms with Gasteiger partial charge in [-0.3, -0.25) is 24.5 Å². The van der Waals surface area contributed by atoms with Crippen LogP contribution < -0.4 is 9.96 Å². The molecule has 1 aromatic heterocycles. The first-order valence-electron chi connectivity index (χ1n) is 11.4. The Balaban J connectivity index is 1.44. The van der Waals surface area contributed by atoms with Crippen LogP contribution in [0.5, 0.6) is 0 Å². The highest BCUT2D eigenvalue weighted by Crippen LogP contribution is 2.48. The van der Waals surface area contributed by atoms with Crippen LogP contribution in [0, 0.1) is 16.0 Å². The van der Waals surface area contributed by atoms with Gasteiger partial charge in [0.15, 0.2) is 6.10 Å². The van der Waals surface area contributed by atoms with E-state index in [1.165, 1.54) is 23.3 Å². The van der Waals surface area contributed by atoms with Gasteiger partial charge in [-0.2, -0.15) is 0 Å². The molecule has 0 N–H and O–H groups in total. The summed E-state index contributed by atoms with van der Waals surface area (Å²) < 4.78 is 6.12. The van der Waals surface area contributed by atoms with E-state index in [0.29, 0.717) is 17.1 Å². The zero-order valence-electron chi connectivity index (χ0n) is 19.1. The molecule has 184 valence electrons. The summed E-state index contributed by atoms with van der Waals surface area (Å²) in [7, 11) is 0. The van der Waals surface area contributed by atoms with Crippen molar-refractivity contribution in [3.05, 3.63) is 112 Å². The van der Waals surface area contributed by atoms with Crippen molar-refractivity contribution in [2.45, 2.75) is 12.1 Å². The second-order valence-electron chi connectivity index (χ2n) is 8.63. The second-order valence-corrected chi connectivity index (χ2v) is 9.06. The lowest BCUT2D eigenvalue weighted by atomic mass is 9.94. The molecule has 10 heteroatoms. The van der Waals surface area contributed by atoms with Gasteiger partial charge in [0, 0.05) is 11.1 Å². The number of para-hydroxylation sites is 2. The zero-order chi connectivity index (χ0) is 25.7. The zero-order valence-corrected chi connectivity index (χ0v) is 19.8. The van der Waals surface area contributed by atoms with E-state index in [-0.39, 0.29) is 22.0 Å². The molecule has 0 saturated carbocycles. The third-order valence-corrected chi connectivity index (χ3v) is 6.72. The van der Waals surface area contributed by atoms with Crippen molar-refractivity contribution < 1.29 is 23.8 Å². The first kappa shape index (κ1) is 23.0. The Morgan fingerprint density at radius 2 is 1.51 bits per heavy atom. The number of carbonyl (C=O) groups is 2. The monoisotopic (exact) mass is 515 g/mol. The molecule has 9 nitrogen and oxygen atoms in total. The van der Waals surface area contributed by atoms with Crippen molar-refractivity contribution in [2.24, 2.45) is 5.92 Å². The maximum absolute atomic E-state index is 13.7. The van der Waals surface area contributed by atoms with Crippen LogP contribution in [-0.4, -0.2) is 22.8 Å². The Morgan fingerprint density at radius 1 is 0.838 bits per heavy atom. The van der Waals surface area contributed by atoms with E-state index in [1.54, 1.807) is 54.6 Å². The van der Waals surface area contributed by atoms with Gasteiger partial charge in [-0.25, -0.2) is 9.96 Å². The van der Waals surface area contributed by atoms with Crippen LogP contribution in [0.15, 0.2) is 95.4 Å². The number of rotatable bonds is 5. The minimum absolute atomic E-state index is 0.212. The standard InChI is InChI=1S/C27H18ClN3O6/c28-16-11-12-19(20(15-16)31(34)35)21-13-14-22(36-21)24-23-25(37-30(24)18-9-5-2-6-10-18)27(33)29(26(23)32)17-7-3-1-4-8-17/h1-15,23-25H/t23-,24+,25+/m0/s1. The predicted molar refractivity (Wildman–Crippen MR) is 135 cm³/mol. The van der Waals surface area contributed by atoms with Crippen LogP contribution in [0.1, 0.15) is 11.8 Å².